The molecule has 1 aliphatic rings. The molecule has 0 N–H and O–H groups in total. The number of nitrogens with zero attached hydrogens (tertiary/aromatic N) is 3. The number of piperazine rings is 1. The lowest BCUT2D eigenvalue weighted by Gasteiger charge is -2.44. The third kappa shape index (κ3) is 4.32. The van der Waals surface area contributed by atoms with Crippen LogP contribution in [-0.2, 0) is 10.0 Å². The van der Waals surface area contributed by atoms with E-state index in [9.17, 15) is 8.42 Å². The Morgan fingerprint density at radius 3 is 2.09 bits per heavy atom. The molecule has 1 aliphatic heterocycles. The summed E-state index contributed by atoms with van der Waals surface area (Å²) in [5.74, 6) is 0. The van der Waals surface area contributed by atoms with Crippen LogP contribution in [0.5, 0.6) is 0 Å². The summed E-state index contributed by atoms with van der Waals surface area (Å²) in [5, 5.41) is 0. The lowest BCUT2D eigenvalue weighted by molar-refractivity contribution is 0.0708. The second kappa shape index (κ2) is 7.30. The molecule has 1 saturated heterocycles. The zero-order valence-electron chi connectivity index (χ0n) is 14.9. The minimum absolute atomic E-state index is 0.221. The summed E-state index contributed by atoms with van der Waals surface area (Å²) in [6.07, 6.45) is 0. The summed E-state index contributed by atoms with van der Waals surface area (Å²) in [6, 6.07) is 7.56. The third-order valence-corrected chi connectivity index (χ3v) is 6.38. The zero-order chi connectivity index (χ0) is 17.2. The van der Waals surface area contributed by atoms with Crippen LogP contribution in [0.3, 0.4) is 0 Å². The van der Waals surface area contributed by atoms with Gasteiger partial charge < -0.3 is 4.90 Å². The molecule has 0 saturated carbocycles. The quantitative estimate of drug-likeness (QED) is 0.818. The molecule has 1 heterocycles. The number of sulfonamides is 1. The molecule has 0 spiro atoms. The fourth-order valence-corrected chi connectivity index (χ4v) is 4.72. The molecule has 0 amide bonds. The highest BCUT2D eigenvalue weighted by molar-refractivity contribution is 7.89. The van der Waals surface area contributed by atoms with Gasteiger partial charge in [0.1, 0.15) is 0 Å². The van der Waals surface area contributed by atoms with E-state index in [4.69, 9.17) is 0 Å². The normalized spacial score (nSPS) is 24.3. The van der Waals surface area contributed by atoms with Gasteiger partial charge in [-0.1, -0.05) is 17.7 Å². The Labute approximate surface area is 140 Å². The molecule has 0 bridgehead atoms. The molecule has 0 aliphatic carbocycles. The van der Waals surface area contributed by atoms with Gasteiger partial charge in [-0.2, -0.15) is 4.31 Å². The third-order valence-electron chi connectivity index (χ3n) is 4.53. The minimum atomic E-state index is -3.40. The van der Waals surface area contributed by atoms with Crippen LogP contribution < -0.4 is 0 Å². The predicted octanol–water partition coefficient (Wildman–Crippen LogP) is 1.64. The highest BCUT2D eigenvalue weighted by atomic mass is 32.2. The van der Waals surface area contributed by atoms with Crippen molar-refractivity contribution in [1.29, 1.82) is 0 Å². The maximum atomic E-state index is 12.9. The van der Waals surface area contributed by atoms with Crippen molar-refractivity contribution in [2.24, 2.45) is 0 Å². The van der Waals surface area contributed by atoms with Crippen molar-refractivity contribution in [1.82, 2.24) is 14.1 Å². The predicted molar refractivity (Wildman–Crippen MR) is 94.1 cm³/mol. The molecule has 2 atom stereocenters. The van der Waals surface area contributed by atoms with E-state index in [0.29, 0.717) is 18.0 Å². The number of hydrogen-bond acceptors (Lipinski definition) is 4. The van der Waals surface area contributed by atoms with Crippen molar-refractivity contribution in [3.8, 4) is 0 Å². The first-order valence-corrected chi connectivity index (χ1v) is 9.63. The zero-order valence-corrected chi connectivity index (χ0v) is 15.7. The molecule has 130 valence electrons. The Hall–Kier alpha value is -0.950. The molecule has 23 heavy (non-hydrogen) atoms. The van der Waals surface area contributed by atoms with Gasteiger partial charge in [0.2, 0.25) is 10.0 Å². The van der Waals surface area contributed by atoms with Crippen LogP contribution in [-0.4, -0.2) is 74.9 Å². The van der Waals surface area contributed by atoms with E-state index in [1.54, 1.807) is 16.4 Å². The van der Waals surface area contributed by atoms with Crippen molar-refractivity contribution in [3.05, 3.63) is 29.8 Å². The Kier molecular flexibility index (Phi) is 5.84. The molecule has 0 radical (unpaired) electrons. The monoisotopic (exact) mass is 339 g/mol. The second-order valence-electron chi connectivity index (χ2n) is 6.87. The number of benzene rings is 1. The van der Waals surface area contributed by atoms with Gasteiger partial charge in [-0.15, -0.1) is 0 Å². The summed E-state index contributed by atoms with van der Waals surface area (Å²) in [6.45, 7) is 9.24. The first-order valence-electron chi connectivity index (χ1n) is 8.19. The van der Waals surface area contributed by atoms with Gasteiger partial charge in [-0.3, -0.25) is 4.90 Å². The van der Waals surface area contributed by atoms with E-state index in [2.05, 4.69) is 37.7 Å². The number of hydrogen-bond donors (Lipinski definition) is 0. The molecule has 2 rings (SSSR count). The summed E-state index contributed by atoms with van der Waals surface area (Å²) < 4.78 is 27.4. The van der Waals surface area contributed by atoms with Crippen molar-refractivity contribution in [2.75, 3.05) is 40.3 Å². The first-order chi connectivity index (χ1) is 10.7. The van der Waals surface area contributed by atoms with E-state index in [1.165, 1.54) is 0 Å². The van der Waals surface area contributed by atoms with Crippen molar-refractivity contribution >= 4 is 10.0 Å². The average molecular weight is 340 g/mol. The van der Waals surface area contributed by atoms with Gasteiger partial charge in [0.15, 0.2) is 0 Å². The highest BCUT2D eigenvalue weighted by Crippen LogP contribution is 2.23. The number of aryl methyl sites for hydroxylation is 1. The molecule has 1 fully saturated rings. The van der Waals surface area contributed by atoms with E-state index in [0.717, 1.165) is 18.7 Å². The van der Waals surface area contributed by atoms with Gasteiger partial charge in [-0.05, 0) is 47.0 Å². The molecule has 1 aromatic carbocycles. The van der Waals surface area contributed by atoms with E-state index in [1.807, 2.05) is 19.1 Å². The van der Waals surface area contributed by atoms with Crippen LogP contribution in [0.25, 0.3) is 0 Å². The topological polar surface area (TPSA) is 43.9 Å². The van der Waals surface area contributed by atoms with Crippen LogP contribution in [0.1, 0.15) is 19.4 Å². The maximum Gasteiger partial charge on any atom is 0.243 e. The van der Waals surface area contributed by atoms with Crippen LogP contribution in [0, 0.1) is 6.92 Å². The van der Waals surface area contributed by atoms with Crippen molar-refractivity contribution in [2.45, 2.75) is 37.8 Å². The fraction of sp³-hybridized carbons (Fsp3) is 0.647. The Morgan fingerprint density at radius 2 is 1.61 bits per heavy atom. The van der Waals surface area contributed by atoms with Crippen molar-refractivity contribution < 1.29 is 8.42 Å². The molecule has 6 heteroatoms. The largest absolute Gasteiger partial charge is 0.308 e. The smallest absolute Gasteiger partial charge is 0.243 e. The SMILES string of the molecule is Cc1ccc(S(=O)(=O)N2C[C@@H](C)N(CCN(C)C)[C@H](C)C2)cc1. The molecule has 0 unspecified atom stereocenters. The molecule has 0 aromatic heterocycles. The lowest BCUT2D eigenvalue weighted by atomic mass is 10.1. The summed E-state index contributed by atoms with van der Waals surface area (Å²) in [5.41, 5.74) is 1.07. The van der Waals surface area contributed by atoms with E-state index in [-0.39, 0.29) is 12.1 Å². The van der Waals surface area contributed by atoms with Gasteiger partial charge in [-0.25, -0.2) is 8.42 Å². The standard InChI is InChI=1S/C17H29N3O2S/c1-14-6-8-17(9-7-14)23(21,22)19-12-15(2)20(16(3)13-19)11-10-18(4)5/h6-9,15-16H,10-13H2,1-5H3/t15-,16-/m1/s1. The second-order valence-corrected chi connectivity index (χ2v) is 8.81. The highest BCUT2D eigenvalue weighted by Gasteiger charge is 2.35. The van der Waals surface area contributed by atoms with Crippen LogP contribution in [0.15, 0.2) is 29.2 Å². The van der Waals surface area contributed by atoms with Gasteiger partial charge in [0.25, 0.3) is 0 Å². The first kappa shape index (κ1) is 18.4. The van der Waals surface area contributed by atoms with Crippen LogP contribution in [0.4, 0.5) is 0 Å². The fourth-order valence-electron chi connectivity index (χ4n) is 3.12. The maximum absolute atomic E-state index is 12.9. The van der Waals surface area contributed by atoms with Crippen LogP contribution >= 0.6 is 0 Å². The Bertz CT molecular complexity index is 601. The molecular weight excluding hydrogens is 310 g/mol. The molecular formula is C17H29N3O2S. The molecule has 5 nitrogen and oxygen atoms in total. The summed E-state index contributed by atoms with van der Waals surface area (Å²) in [4.78, 5) is 4.96. The van der Waals surface area contributed by atoms with Crippen LogP contribution in [0.2, 0.25) is 0 Å². The Morgan fingerprint density at radius 1 is 1.09 bits per heavy atom. The lowest BCUT2D eigenvalue weighted by Crippen LogP contribution is -2.58. The minimum Gasteiger partial charge on any atom is -0.308 e. The molecule has 1 aromatic rings. The van der Waals surface area contributed by atoms with Gasteiger partial charge in [0, 0.05) is 38.3 Å². The number of likely N-dealkylation sites (N-methyl/N-ethyl adjacent to an activating group) is 1. The summed E-state index contributed by atoms with van der Waals surface area (Å²) >= 11 is 0. The number of rotatable bonds is 5. The van der Waals surface area contributed by atoms with E-state index >= 15 is 0 Å². The average Bonchev–Trinajstić information content (AvgIpc) is 2.46. The van der Waals surface area contributed by atoms with Crippen molar-refractivity contribution in [3.63, 3.8) is 0 Å². The van der Waals surface area contributed by atoms with Gasteiger partial charge >= 0.3 is 0 Å². The van der Waals surface area contributed by atoms with Gasteiger partial charge in [0.05, 0.1) is 4.90 Å². The van der Waals surface area contributed by atoms with E-state index < -0.39 is 10.0 Å². The Balaban J connectivity index is 2.12. The summed E-state index contributed by atoms with van der Waals surface area (Å²) in [7, 11) is 0.723.